The van der Waals surface area contributed by atoms with Crippen molar-refractivity contribution in [3.63, 3.8) is 0 Å². The molecule has 0 radical (unpaired) electrons. The van der Waals surface area contributed by atoms with E-state index in [0.717, 1.165) is 44.7 Å². The lowest BCUT2D eigenvalue weighted by atomic mass is 9.94. The van der Waals surface area contributed by atoms with E-state index in [0.29, 0.717) is 6.04 Å². The Morgan fingerprint density at radius 2 is 2.11 bits per heavy atom. The van der Waals surface area contributed by atoms with Crippen molar-refractivity contribution >= 4 is 5.69 Å². The molecule has 2 N–H and O–H groups in total. The fourth-order valence-electron chi connectivity index (χ4n) is 3.27. The Labute approximate surface area is 114 Å². The van der Waals surface area contributed by atoms with Gasteiger partial charge in [0.1, 0.15) is 6.23 Å². The van der Waals surface area contributed by atoms with E-state index in [-0.39, 0.29) is 6.23 Å². The maximum atomic E-state index is 5.93. The molecule has 0 bridgehead atoms. The molecule has 0 spiro atoms. The van der Waals surface area contributed by atoms with Crippen LogP contribution in [-0.4, -0.2) is 37.8 Å². The van der Waals surface area contributed by atoms with Crippen LogP contribution >= 0.6 is 0 Å². The highest BCUT2D eigenvalue weighted by Gasteiger charge is 2.33. The summed E-state index contributed by atoms with van der Waals surface area (Å²) in [5.74, 6) is 0. The van der Waals surface area contributed by atoms with Crippen LogP contribution < -0.4 is 5.73 Å². The fourth-order valence-corrected chi connectivity index (χ4v) is 3.27. The molecular weight excluding hydrogens is 240 g/mol. The van der Waals surface area contributed by atoms with E-state index in [9.17, 15) is 0 Å². The Morgan fingerprint density at radius 3 is 2.84 bits per heavy atom. The summed E-state index contributed by atoms with van der Waals surface area (Å²) in [6, 6.07) is 6.75. The Hall–Kier alpha value is -1.10. The first-order valence-corrected chi connectivity index (χ1v) is 7.04. The van der Waals surface area contributed by atoms with Gasteiger partial charge in [-0.25, -0.2) is 0 Å². The van der Waals surface area contributed by atoms with Crippen LogP contribution in [0, 0.1) is 0 Å². The van der Waals surface area contributed by atoms with E-state index in [2.05, 4.69) is 17.0 Å². The third-order valence-corrected chi connectivity index (χ3v) is 4.26. The minimum atomic E-state index is 0.0374. The second kappa shape index (κ2) is 5.49. The van der Waals surface area contributed by atoms with E-state index in [1.54, 1.807) is 7.11 Å². The van der Waals surface area contributed by atoms with Crippen molar-refractivity contribution in [1.82, 2.24) is 4.90 Å². The molecule has 3 rings (SSSR count). The molecule has 1 aromatic rings. The minimum Gasteiger partial charge on any atom is -0.399 e. The number of hydrogen-bond acceptors (Lipinski definition) is 4. The van der Waals surface area contributed by atoms with Crippen LogP contribution in [0.25, 0.3) is 0 Å². The van der Waals surface area contributed by atoms with E-state index in [4.69, 9.17) is 15.2 Å². The summed E-state index contributed by atoms with van der Waals surface area (Å²) in [5.41, 5.74) is 9.34. The molecule has 2 aliphatic rings. The van der Waals surface area contributed by atoms with Gasteiger partial charge in [-0.3, -0.25) is 4.90 Å². The summed E-state index contributed by atoms with van der Waals surface area (Å²) in [6.07, 6.45) is 3.30. The molecular formula is C15H22N2O2. The highest BCUT2D eigenvalue weighted by Crippen LogP contribution is 2.34. The van der Waals surface area contributed by atoms with Gasteiger partial charge in [0.15, 0.2) is 0 Å². The molecule has 1 aromatic carbocycles. The van der Waals surface area contributed by atoms with Gasteiger partial charge in [0.05, 0.1) is 0 Å². The van der Waals surface area contributed by atoms with Gasteiger partial charge in [-0.05, 0) is 37.0 Å². The number of rotatable bonds is 2. The molecule has 1 saturated heterocycles. The largest absolute Gasteiger partial charge is 0.399 e. The van der Waals surface area contributed by atoms with Crippen LogP contribution in [0.15, 0.2) is 18.2 Å². The zero-order valence-electron chi connectivity index (χ0n) is 11.5. The zero-order valence-corrected chi connectivity index (χ0v) is 11.5. The van der Waals surface area contributed by atoms with Gasteiger partial charge in [-0.1, -0.05) is 6.07 Å². The second-order valence-electron chi connectivity index (χ2n) is 5.38. The monoisotopic (exact) mass is 262 g/mol. The van der Waals surface area contributed by atoms with Crippen molar-refractivity contribution in [2.24, 2.45) is 0 Å². The Balaban J connectivity index is 1.87. The SMILES string of the molecule is COC1c2cc(N)ccc2CCN1C1CCOCC1. The molecule has 0 aromatic heterocycles. The van der Waals surface area contributed by atoms with Gasteiger partial charge in [-0.2, -0.15) is 0 Å². The predicted molar refractivity (Wildman–Crippen MR) is 74.9 cm³/mol. The van der Waals surface area contributed by atoms with Crippen LogP contribution in [0.5, 0.6) is 0 Å². The summed E-state index contributed by atoms with van der Waals surface area (Å²) in [4.78, 5) is 2.48. The first-order valence-electron chi connectivity index (χ1n) is 7.04. The molecule has 4 heteroatoms. The van der Waals surface area contributed by atoms with Crippen LogP contribution in [-0.2, 0) is 15.9 Å². The number of anilines is 1. The lowest BCUT2D eigenvalue weighted by Crippen LogP contribution is -2.46. The molecule has 104 valence electrons. The number of nitrogens with zero attached hydrogens (tertiary/aromatic N) is 1. The fraction of sp³-hybridized carbons (Fsp3) is 0.600. The highest BCUT2D eigenvalue weighted by molar-refractivity contribution is 5.46. The lowest BCUT2D eigenvalue weighted by molar-refractivity contribution is -0.0870. The average molecular weight is 262 g/mol. The highest BCUT2D eigenvalue weighted by atomic mass is 16.5. The summed E-state index contributed by atoms with van der Waals surface area (Å²) in [7, 11) is 1.79. The van der Waals surface area contributed by atoms with Crippen molar-refractivity contribution in [3.8, 4) is 0 Å². The minimum absolute atomic E-state index is 0.0374. The molecule has 19 heavy (non-hydrogen) atoms. The van der Waals surface area contributed by atoms with Gasteiger partial charge < -0.3 is 15.2 Å². The third-order valence-electron chi connectivity index (χ3n) is 4.26. The Bertz CT molecular complexity index is 444. The average Bonchev–Trinajstić information content (AvgIpc) is 2.46. The first-order chi connectivity index (χ1) is 9.29. The number of methoxy groups -OCH3 is 1. The summed E-state index contributed by atoms with van der Waals surface area (Å²) < 4.78 is 11.2. The smallest absolute Gasteiger partial charge is 0.136 e. The molecule has 2 heterocycles. The van der Waals surface area contributed by atoms with Crippen molar-refractivity contribution < 1.29 is 9.47 Å². The lowest BCUT2D eigenvalue weighted by Gasteiger charge is -2.42. The van der Waals surface area contributed by atoms with E-state index in [1.807, 2.05) is 6.07 Å². The van der Waals surface area contributed by atoms with Crippen LogP contribution in [0.1, 0.15) is 30.2 Å². The molecule has 0 amide bonds. The number of fused-ring (bicyclic) bond motifs is 1. The topological polar surface area (TPSA) is 47.7 Å². The normalized spacial score (nSPS) is 25.2. The quantitative estimate of drug-likeness (QED) is 0.828. The predicted octanol–water partition coefficient (Wildman–Crippen LogP) is 1.95. The summed E-state index contributed by atoms with van der Waals surface area (Å²) >= 11 is 0. The molecule has 2 aliphatic heterocycles. The third kappa shape index (κ3) is 2.48. The van der Waals surface area contributed by atoms with Crippen LogP contribution in [0.4, 0.5) is 5.69 Å². The maximum Gasteiger partial charge on any atom is 0.136 e. The summed E-state index contributed by atoms with van der Waals surface area (Å²) in [5, 5.41) is 0. The second-order valence-corrected chi connectivity index (χ2v) is 5.38. The van der Waals surface area contributed by atoms with Gasteiger partial charge in [0.25, 0.3) is 0 Å². The Morgan fingerprint density at radius 1 is 1.32 bits per heavy atom. The van der Waals surface area contributed by atoms with Gasteiger partial charge in [0.2, 0.25) is 0 Å². The van der Waals surface area contributed by atoms with E-state index in [1.165, 1.54) is 11.1 Å². The van der Waals surface area contributed by atoms with Gasteiger partial charge >= 0.3 is 0 Å². The molecule has 0 saturated carbocycles. The molecule has 0 aliphatic carbocycles. The van der Waals surface area contributed by atoms with E-state index < -0.39 is 0 Å². The number of nitrogen functional groups attached to an aromatic ring is 1. The van der Waals surface area contributed by atoms with Gasteiger partial charge in [-0.15, -0.1) is 0 Å². The van der Waals surface area contributed by atoms with E-state index >= 15 is 0 Å². The van der Waals surface area contributed by atoms with Crippen molar-refractivity contribution in [1.29, 1.82) is 0 Å². The molecule has 4 nitrogen and oxygen atoms in total. The summed E-state index contributed by atoms with van der Waals surface area (Å²) in [6.45, 7) is 2.78. The van der Waals surface area contributed by atoms with Crippen LogP contribution in [0.2, 0.25) is 0 Å². The molecule has 1 unspecified atom stereocenters. The maximum absolute atomic E-state index is 5.93. The number of benzene rings is 1. The van der Waals surface area contributed by atoms with Crippen molar-refractivity contribution in [2.45, 2.75) is 31.5 Å². The number of hydrogen-bond donors (Lipinski definition) is 1. The number of nitrogens with two attached hydrogens (primary N) is 1. The van der Waals surface area contributed by atoms with Crippen LogP contribution in [0.3, 0.4) is 0 Å². The van der Waals surface area contributed by atoms with Crippen molar-refractivity contribution in [3.05, 3.63) is 29.3 Å². The zero-order chi connectivity index (χ0) is 13.2. The molecule has 1 fully saturated rings. The molecule has 1 atom stereocenters. The Kier molecular flexibility index (Phi) is 3.73. The van der Waals surface area contributed by atoms with Crippen molar-refractivity contribution in [2.75, 3.05) is 32.6 Å². The number of ether oxygens (including phenoxy) is 2. The first kappa shape index (κ1) is 12.9. The standard InChI is InChI=1S/C15H22N2O2/c1-18-15-14-10-12(16)3-2-11(14)4-7-17(15)13-5-8-19-9-6-13/h2-3,10,13,15H,4-9,16H2,1H3. The van der Waals surface area contributed by atoms with Gasteiger partial charge in [0, 0.05) is 44.2 Å².